The normalized spacial score (nSPS) is 12.2. The minimum absolute atomic E-state index is 0.313. The van der Waals surface area contributed by atoms with Gasteiger partial charge >= 0.3 is 5.97 Å². The molecular formula is C28H24N2O4. The Morgan fingerprint density at radius 1 is 0.941 bits per heavy atom. The maximum Gasteiger partial charge on any atom is 0.325 e. The van der Waals surface area contributed by atoms with E-state index in [2.05, 4.69) is 10.3 Å². The third kappa shape index (κ3) is 5.66. The standard InChI is InChI=1S/C28H24N2O4/c1-19(28(32)33)29-27(31)25(17-20-7-3-2-4-8-20)21-12-15-24(16-13-21)34-18-23-14-11-22-9-5-6-10-26(22)30-23/h2-17,19H,18H2,1H3,(H,29,31)(H,32,33)/b25-17+. The summed E-state index contributed by atoms with van der Waals surface area (Å²) in [7, 11) is 0. The van der Waals surface area contributed by atoms with E-state index in [1.165, 1.54) is 6.92 Å². The number of pyridine rings is 1. The quantitative estimate of drug-likeness (QED) is 0.292. The maximum atomic E-state index is 12.9. The zero-order chi connectivity index (χ0) is 23.9. The largest absolute Gasteiger partial charge is 0.487 e. The number of amides is 1. The van der Waals surface area contributed by atoms with Gasteiger partial charge in [-0.25, -0.2) is 4.98 Å². The molecular weight excluding hydrogens is 428 g/mol. The molecule has 1 aromatic heterocycles. The van der Waals surface area contributed by atoms with Crippen molar-refractivity contribution >= 4 is 34.4 Å². The third-order valence-corrected chi connectivity index (χ3v) is 5.28. The summed E-state index contributed by atoms with van der Waals surface area (Å²) >= 11 is 0. The number of carboxylic acid groups (broad SMARTS) is 1. The Kier molecular flexibility index (Phi) is 6.98. The van der Waals surface area contributed by atoms with E-state index >= 15 is 0 Å². The highest BCUT2D eigenvalue weighted by molar-refractivity contribution is 6.24. The molecule has 0 radical (unpaired) electrons. The van der Waals surface area contributed by atoms with Crippen molar-refractivity contribution in [3.63, 3.8) is 0 Å². The van der Waals surface area contributed by atoms with Crippen LogP contribution in [0.15, 0.2) is 91.0 Å². The summed E-state index contributed by atoms with van der Waals surface area (Å²) in [6.45, 7) is 1.74. The first-order valence-corrected chi connectivity index (χ1v) is 10.9. The molecule has 0 aliphatic heterocycles. The molecule has 0 bridgehead atoms. The van der Waals surface area contributed by atoms with Crippen LogP contribution in [0.4, 0.5) is 0 Å². The molecule has 1 amide bonds. The number of hydrogen-bond acceptors (Lipinski definition) is 4. The topological polar surface area (TPSA) is 88.5 Å². The van der Waals surface area contributed by atoms with Crippen LogP contribution >= 0.6 is 0 Å². The molecule has 0 saturated carbocycles. The summed E-state index contributed by atoms with van der Waals surface area (Å²) in [5.41, 5.74) is 3.57. The number of nitrogens with zero attached hydrogens (tertiary/aromatic N) is 1. The van der Waals surface area contributed by atoms with Crippen LogP contribution in [0.5, 0.6) is 5.75 Å². The predicted octanol–water partition coefficient (Wildman–Crippen LogP) is 4.94. The van der Waals surface area contributed by atoms with Gasteiger partial charge in [-0.2, -0.15) is 0 Å². The lowest BCUT2D eigenvalue weighted by atomic mass is 10.0. The number of hydrogen-bond donors (Lipinski definition) is 2. The number of para-hydroxylation sites is 1. The van der Waals surface area contributed by atoms with E-state index in [0.29, 0.717) is 23.5 Å². The van der Waals surface area contributed by atoms with E-state index in [1.807, 2.05) is 66.7 Å². The molecule has 34 heavy (non-hydrogen) atoms. The second-order valence-electron chi connectivity index (χ2n) is 7.81. The first-order valence-electron chi connectivity index (χ1n) is 10.9. The summed E-state index contributed by atoms with van der Waals surface area (Å²) in [5.74, 6) is -0.927. The molecule has 1 unspecified atom stereocenters. The molecule has 1 atom stereocenters. The van der Waals surface area contributed by atoms with Gasteiger partial charge in [0.1, 0.15) is 18.4 Å². The van der Waals surface area contributed by atoms with Crippen molar-refractivity contribution in [3.8, 4) is 5.75 Å². The number of aliphatic carboxylic acids is 1. The molecule has 170 valence electrons. The Morgan fingerprint density at radius 3 is 2.38 bits per heavy atom. The number of ether oxygens (including phenoxy) is 1. The molecule has 4 aromatic rings. The highest BCUT2D eigenvalue weighted by Gasteiger charge is 2.18. The van der Waals surface area contributed by atoms with Crippen molar-refractivity contribution in [2.75, 3.05) is 0 Å². The number of carboxylic acids is 1. The fourth-order valence-electron chi connectivity index (χ4n) is 3.41. The monoisotopic (exact) mass is 452 g/mol. The van der Waals surface area contributed by atoms with Crippen LogP contribution in [0, 0.1) is 0 Å². The molecule has 0 aliphatic carbocycles. The number of rotatable bonds is 8. The van der Waals surface area contributed by atoms with Crippen LogP contribution in [-0.2, 0) is 16.2 Å². The van der Waals surface area contributed by atoms with Gasteiger partial charge in [0, 0.05) is 11.0 Å². The highest BCUT2D eigenvalue weighted by Crippen LogP contribution is 2.23. The molecule has 3 aromatic carbocycles. The minimum atomic E-state index is -1.10. The lowest BCUT2D eigenvalue weighted by Gasteiger charge is -2.13. The summed E-state index contributed by atoms with van der Waals surface area (Å²) in [5, 5.41) is 12.8. The summed E-state index contributed by atoms with van der Waals surface area (Å²) < 4.78 is 5.89. The van der Waals surface area contributed by atoms with Gasteiger partial charge in [0.15, 0.2) is 0 Å². The predicted molar refractivity (Wildman–Crippen MR) is 132 cm³/mol. The Balaban J connectivity index is 1.52. The smallest absolute Gasteiger partial charge is 0.325 e. The first-order chi connectivity index (χ1) is 16.5. The molecule has 6 nitrogen and oxygen atoms in total. The van der Waals surface area contributed by atoms with Gasteiger partial charge < -0.3 is 15.2 Å². The third-order valence-electron chi connectivity index (χ3n) is 5.28. The number of nitrogens with one attached hydrogen (secondary N) is 1. The van der Waals surface area contributed by atoms with Crippen molar-refractivity contribution < 1.29 is 19.4 Å². The second-order valence-corrected chi connectivity index (χ2v) is 7.81. The number of aromatic nitrogens is 1. The van der Waals surface area contributed by atoms with E-state index in [4.69, 9.17) is 9.84 Å². The van der Waals surface area contributed by atoms with Crippen LogP contribution in [0.1, 0.15) is 23.7 Å². The minimum Gasteiger partial charge on any atom is -0.487 e. The van der Waals surface area contributed by atoms with Crippen molar-refractivity contribution in [3.05, 3.63) is 108 Å². The average molecular weight is 453 g/mol. The Hall–Kier alpha value is -4.45. The number of carbonyl (C=O) groups excluding carboxylic acids is 1. The average Bonchev–Trinajstić information content (AvgIpc) is 2.86. The van der Waals surface area contributed by atoms with Crippen LogP contribution in [0.25, 0.3) is 22.6 Å². The fraction of sp³-hybridized carbons (Fsp3) is 0.107. The van der Waals surface area contributed by atoms with E-state index in [9.17, 15) is 9.59 Å². The second kappa shape index (κ2) is 10.4. The van der Waals surface area contributed by atoms with Crippen LogP contribution in [0.3, 0.4) is 0 Å². The molecule has 6 heteroatoms. The van der Waals surface area contributed by atoms with Gasteiger partial charge in [-0.1, -0.05) is 66.7 Å². The van der Waals surface area contributed by atoms with Crippen LogP contribution in [-0.4, -0.2) is 28.0 Å². The van der Waals surface area contributed by atoms with Gasteiger partial charge in [0.2, 0.25) is 0 Å². The van der Waals surface area contributed by atoms with E-state index < -0.39 is 17.9 Å². The molecule has 4 rings (SSSR count). The Morgan fingerprint density at radius 2 is 1.65 bits per heavy atom. The molecule has 0 saturated heterocycles. The number of fused-ring (bicyclic) bond motifs is 1. The van der Waals surface area contributed by atoms with Crippen LogP contribution < -0.4 is 10.1 Å². The van der Waals surface area contributed by atoms with E-state index in [-0.39, 0.29) is 0 Å². The Labute approximate surface area is 197 Å². The molecule has 0 spiro atoms. The lowest BCUT2D eigenvalue weighted by molar-refractivity contribution is -0.140. The number of carbonyl (C=O) groups is 2. The van der Waals surface area contributed by atoms with E-state index in [1.54, 1.807) is 30.3 Å². The van der Waals surface area contributed by atoms with Crippen molar-refractivity contribution in [1.29, 1.82) is 0 Å². The van der Waals surface area contributed by atoms with Crippen molar-refractivity contribution in [1.82, 2.24) is 10.3 Å². The van der Waals surface area contributed by atoms with Crippen molar-refractivity contribution in [2.24, 2.45) is 0 Å². The fourth-order valence-corrected chi connectivity index (χ4v) is 3.41. The molecule has 0 fully saturated rings. The zero-order valence-electron chi connectivity index (χ0n) is 18.6. The summed E-state index contributed by atoms with van der Waals surface area (Å²) in [6.07, 6.45) is 1.73. The molecule has 0 aliphatic rings. The lowest BCUT2D eigenvalue weighted by Crippen LogP contribution is -2.38. The maximum absolute atomic E-state index is 12.9. The van der Waals surface area contributed by atoms with Gasteiger partial charge in [0.25, 0.3) is 5.91 Å². The zero-order valence-corrected chi connectivity index (χ0v) is 18.6. The summed E-state index contributed by atoms with van der Waals surface area (Å²) in [6, 6.07) is 27.4. The SMILES string of the molecule is CC(NC(=O)/C(=C/c1ccccc1)c1ccc(OCc2ccc3ccccc3n2)cc1)C(=O)O. The number of benzene rings is 3. The van der Waals surface area contributed by atoms with E-state index in [0.717, 1.165) is 22.2 Å². The van der Waals surface area contributed by atoms with Crippen molar-refractivity contribution in [2.45, 2.75) is 19.6 Å². The van der Waals surface area contributed by atoms with Gasteiger partial charge in [-0.05, 0) is 48.4 Å². The first kappa shape index (κ1) is 22.7. The Bertz CT molecular complexity index is 1330. The molecule has 1 heterocycles. The van der Waals surface area contributed by atoms with Gasteiger partial charge in [-0.3, -0.25) is 9.59 Å². The van der Waals surface area contributed by atoms with Gasteiger partial charge in [0.05, 0.1) is 11.2 Å². The molecule has 2 N–H and O–H groups in total. The van der Waals surface area contributed by atoms with Gasteiger partial charge in [-0.15, -0.1) is 0 Å². The van der Waals surface area contributed by atoms with Crippen LogP contribution in [0.2, 0.25) is 0 Å². The summed E-state index contributed by atoms with van der Waals surface area (Å²) in [4.78, 5) is 28.7. The highest BCUT2D eigenvalue weighted by atomic mass is 16.5.